The van der Waals surface area contributed by atoms with Crippen molar-refractivity contribution in [3.05, 3.63) is 47.8 Å². The van der Waals surface area contributed by atoms with Gasteiger partial charge in [-0.05, 0) is 17.7 Å². The molecule has 0 aliphatic rings. The Labute approximate surface area is 121 Å². The highest BCUT2D eigenvalue weighted by molar-refractivity contribution is 5.30. The summed E-state index contributed by atoms with van der Waals surface area (Å²) < 4.78 is 30.3. The molecule has 0 amide bonds. The van der Waals surface area contributed by atoms with Crippen LogP contribution in [-0.4, -0.2) is 28.0 Å². The van der Waals surface area contributed by atoms with Crippen LogP contribution >= 0.6 is 0 Å². The number of ether oxygens (including phenoxy) is 1. The average Bonchev–Trinajstić information content (AvgIpc) is 2.84. The van der Waals surface area contributed by atoms with Crippen LogP contribution < -0.4 is 10.1 Å². The van der Waals surface area contributed by atoms with Gasteiger partial charge >= 0.3 is 6.61 Å². The Balaban J connectivity index is 1.86. The maximum atomic E-state index is 12.1. The Kier molecular flexibility index (Phi) is 5.24. The first-order chi connectivity index (χ1) is 10.0. The van der Waals surface area contributed by atoms with Gasteiger partial charge in [-0.3, -0.25) is 4.68 Å². The highest BCUT2D eigenvalue weighted by Crippen LogP contribution is 2.20. The van der Waals surface area contributed by atoms with Gasteiger partial charge in [0.1, 0.15) is 5.75 Å². The lowest BCUT2D eigenvalue weighted by Crippen LogP contribution is -2.21. The number of nitrogens with zero attached hydrogens (tertiary/aromatic N) is 2. The number of halogens is 2. The fraction of sp³-hybridized carbons (Fsp3) is 0.357. The number of hydrogen-bond donors (Lipinski definition) is 2. The molecule has 0 radical (unpaired) electrons. The number of aliphatic hydroxyl groups excluding tert-OH is 1. The van der Waals surface area contributed by atoms with Gasteiger partial charge in [-0.25, -0.2) is 0 Å². The van der Waals surface area contributed by atoms with Gasteiger partial charge in [0, 0.05) is 31.9 Å². The summed E-state index contributed by atoms with van der Waals surface area (Å²) in [6.07, 6.45) is 2.80. The second-order valence-electron chi connectivity index (χ2n) is 4.62. The molecule has 0 spiro atoms. The summed E-state index contributed by atoms with van der Waals surface area (Å²) >= 11 is 0. The summed E-state index contributed by atoms with van der Waals surface area (Å²) in [7, 11) is 1.83. The van der Waals surface area contributed by atoms with E-state index in [-0.39, 0.29) is 5.75 Å². The molecule has 1 atom stereocenters. The van der Waals surface area contributed by atoms with E-state index in [1.807, 2.05) is 13.2 Å². The molecule has 0 aliphatic heterocycles. The second kappa shape index (κ2) is 7.14. The SMILES string of the molecule is Cn1cc(CNCC(O)c2cccc(OC(F)F)c2)cn1. The molecule has 114 valence electrons. The number of benzene rings is 1. The average molecular weight is 297 g/mol. The maximum Gasteiger partial charge on any atom is 0.387 e. The molecule has 1 aromatic carbocycles. The quantitative estimate of drug-likeness (QED) is 0.819. The summed E-state index contributed by atoms with van der Waals surface area (Å²) in [6.45, 7) is -2.01. The molecule has 2 N–H and O–H groups in total. The Morgan fingerprint density at radius 2 is 2.24 bits per heavy atom. The number of aromatic nitrogens is 2. The zero-order chi connectivity index (χ0) is 15.2. The minimum Gasteiger partial charge on any atom is -0.435 e. The van der Waals surface area contributed by atoms with E-state index in [0.717, 1.165) is 5.56 Å². The Bertz CT molecular complexity index is 575. The molecular formula is C14H17F2N3O2. The van der Waals surface area contributed by atoms with E-state index in [1.54, 1.807) is 23.0 Å². The Morgan fingerprint density at radius 3 is 2.90 bits per heavy atom. The predicted molar refractivity (Wildman–Crippen MR) is 72.9 cm³/mol. The molecule has 1 aromatic heterocycles. The van der Waals surface area contributed by atoms with E-state index in [9.17, 15) is 13.9 Å². The lowest BCUT2D eigenvalue weighted by atomic mass is 10.1. The van der Waals surface area contributed by atoms with Crippen LogP contribution in [0.1, 0.15) is 17.2 Å². The molecule has 0 fully saturated rings. The molecule has 0 saturated heterocycles. The van der Waals surface area contributed by atoms with Crippen LogP contribution in [0.15, 0.2) is 36.7 Å². The maximum absolute atomic E-state index is 12.1. The number of alkyl halides is 2. The van der Waals surface area contributed by atoms with Crippen molar-refractivity contribution in [3.63, 3.8) is 0 Å². The first kappa shape index (κ1) is 15.4. The largest absolute Gasteiger partial charge is 0.435 e. The molecule has 5 nitrogen and oxygen atoms in total. The van der Waals surface area contributed by atoms with Crippen molar-refractivity contribution >= 4 is 0 Å². The lowest BCUT2D eigenvalue weighted by molar-refractivity contribution is -0.0499. The lowest BCUT2D eigenvalue weighted by Gasteiger charge is -2.13. The molecule has 2 aromatic rings. The topological polar surface area (TPSA) is 59.3 Å². The van der Waals surface area contributed by atoms with Gasteiger partial charge in [0.25, 0.3) is 0 Å². The monoisotopic (exact) mass is 297 g/mol. The highest BCUT2D eigenvalue weighted by Gasteiger charge is 2.10. The van der Waals surface area contributed by atoms with Crippen LogP contribution in [0.3, 0.4) is 0 Å². The van der Waals surface area contributed by atoms with E-state index in [1.165, 1.54) is 12.1 Å². The number of hydrogen-bond acceptors (Lipinski definition) is 4. The summed E-state index contributed by atoms with van der Waals surface area (Å²) in [6, 6.07) is 6.06. The zero-order valence-electron chi connectivity index (χ0n) is 11.5. The first-order valence-electron chi connectivity index (χ1n) is 6.45. The third-order valence-electron chi connectivity index (χ3n) is 2.89. The first-order valence-corrected chi connectivity index (χ1v) is 6.45. The van der Waals surface area contributed by atoms with Crippen molar-refractivity contribution in [3.8, 4) is 5.75 Å². The van der Waals surface area contributed by atoms with Gasteiger partial charge in [-0.1, -0.05) is 12.1 Å². The summed E-state index contributed by atoms with van der Waals surface area (Å²) in [4.78, 5) is 0. The third kappa shape index (κ3) is 4.80. The fourth-order valence-electron chi connectivity index (χ4n) is 1.93. The van der Waals surface area contributed by atoms with Crippen molar-refractivity contribution in [2.45, 2.75) is 19.3 Å². The molecule has 1 heterocycles. The number of rotatable bonds is 7. The van der Waals surface area contributed by atoms with Gasteiger partial charge in [0.15, 0.2) is 0 Å². The van der Waals surface area contributed by atoms with Crippen LogP contribution in [0.25, 0.3) is 0 Å². The van der Waals surface area contributed by atoms with Crippen LogP contribution in [0, 0.1) is 0 Å². The van der Waals surface area contributed by atoms with E-state index >= 15 is 0 Å². The van der Waals surface area contributed by atoms with Crippen molar-refractivity contribution in [2.24, 2.45) is 7.05 Å². The minimum atomic E-state index is -2.87. The van der Waals surface area contributed by atoms with Crippen molar-refractivity contribution in [2.75, 3.05) is 6.54 Å². The van der Waals surface area contributed by atoms with E-state index in [4.69, 9.17) is 0 Å². The number of aliphatic hydroxyl groups is 1. The Hall–Kier alpha value is -1.99. The third-order valence-corrected chi connectivity index (χ3v) is 2.89. The van der Waals surface area contributed by atoms with Crippen molar-refractivity contribution in [1.29, 1.82) is 0 Å². The van der Waals surface area contributed by atoms with Gasteiger partial charge in [0.2, 0.25) is 0 Å². The van der Waals surface area contributed by atoms with Crippen molar-refractivity contribution < 1.29 is 18.6 Å². The highest BCUT2D eigenvalue weighted by atomic mass is 19.3. The van der Waals surface area contributed by atoms with Crippen molar-refractivity contribution in [1.82, 2.24) is 15.1 Å². The molecule has 0 aliphatic carbocycles. The van der Waals surface area contributed by atoms with E-state index < -0.39 is 12.7 Å². The number of nitrogens with one attached hydrogen (secondary N) is 1. The molecule has 1 unspecified atom stereocenters. The standard InChI is InChI=1S/C14H17F2N3O2/c1-19-9-10(7-18-19)6-17-8-13(20)11-3-2-4-12(5-11)21-14(15)16/h2-5,7,9,13-14,17,20H,6,8H2,1H3. The Morgan fingerprint density at radius 1 is 1.43 bits per heavy atom. The zero-order valence-corrected chi connectivity index (χ0v) is 11.5. The molecule has 21 heavy (non-hydrogen) atoms. The molecule has 2 rings (SSSR count). The molecular weight excluding hydrogens is 280 g/mol. The summed E-state index contributed by atoms with van der Waals surface area (Å²) in [5.41, 5.74) is 1.52. The molecule has 0 bridgehead atoms. The van der Waals surface area contributed by atoms with Gasteiger partial charge in [-0.15, -0.1) is 0 Å². The fourth-order valence-corrected chi connectivity index (χ4v) is 1.93. The van der Waals surface area contributed by atoms with Gasteiger partial charge in [0.05, 0.1) is 12.3 Å². The van der Waals surface area contributed by atoms with Crippen LogP contribution in [0.4, 0.5) is 8.78 Å². The summed E-state index contributed by atoms with van der Waals surface area (Å²) in [5.74, 6) is 0.0359. The van der Waals surface area contributed by atoms with Crippen LogP contribution in [-0.2, 0) is 13.6 Å². The normalized spacial score (nSPS) is 12.6. The second-order valence-corrected chi connectivity index (χ2v) is 4.62. The van der Waals surface area contributed by atoms with E-state index in [0.29, 0.717) is 18.7 Å². The molecule has 0 saturated carbocycles. The van der Waals surface area contributed by atoms with Crippen LogP contribution in [0.5, 0.6) is 5.75 Å². The smallest absolute Gasteiger partial charge is 0.387 e. The van der Waals surface area contributed by atoms with E-state index in [2.05, 4.69) is 15.2 Å². The van der Waals surface area contributed by atoms with Gasteiger partial charge < -0.3 is 15.2 Å². The molecule has 7 heteroatoms. The number of aryl methyl sites for hydroxylation is 1. The minimum absolute atomic E-state index is 0.0359. The predicted octanol–water partition coefficient (Wildman–Crippen LogP) is 1.84. The van der Waals surface area contributed by atoms with Crippen LogP contribution in [0.2, 0.25) is 0 Å². The van der Waals surface area contributed by atoms with Gasteiger partial charge in [-0.2, -0.15) is 13.9 Å². The summed E-state index contributed by atoms with van der Waals surface area (Å²) in [5, 5.41) is 17.2.